The van der Waals surface area contributed by atoms with Crippen LogP contribution in [0.2, 0.25) is 0 Å². The molecule has 2 aromatic carbocycles. The number of sulfone groups is 1. The molecule has 1 heterocycles. The van der Waals surface area contributed by atoms with E-state index in [2.05, 4.69) is 15.5 Å². The topological polar surface area (TPSA) is 131 Å². The first-order valence-electron chi connectivity index (χ1n) is 10.2. The van der Waals surface area contributed by atoms with Gasteiger partial charge in [0.05, 0.1) is 12.9 Å². The number of carbonyl (C=O) groups is 1. The van der Waals surface area contributed by atoms with Crippen molar-refractivity contribution in [1.29, 1.82) is 5.26 Å². The molecular formula is C23H22N4O5S2. The lowest BCUT2D eigenvalue weighted by Crippen LogP contribution is -2.13. The Morgan fingerprint density at radius 3 is 2.59 bits per heavy atom. The summed E-state index contributed by atoms with van der Waals surface area (Å²) in [5.41, 5.74) is 1.33. The Morgan fingerprint density at radius 2 is 1.94 bits per heavy atom. The maximum Gasteiger partial charge on any atom is 0.268 e. The summed E-state index contributed by atoms with van der Waals surface area (Å²) in [7, 11) is -2.04. The van der Waals surface area contributed by atoms with Crippen LogP contribution >= 0.6 is 11.3 Å². The van der Waals surface area contributed by atoms with Crippen LogP contribution in [0.5, 0.6) is 11.5 Å². The van der Waals surface area contributed by atoms with Crippen molar-refractivity contribution >= 4 is 38.3 Å². The summed E-state index contributed by atoms with van der Waals surface area (Å²) in [5.74, 6) is 0.0752. The van der Waals surface area contributed by atoms with Crippen molar-refractivity contribution in [3.05, 3.63) is 65.2 Å². The van der Waals surface area contributed by atoms with E-state index >= 15 is 0 Å². The monoisotopic (exact) mass is 498 g/mol. The van der Waals surface area contributed by atoms with Crippen molar-refractivity contribution in [3.63, 3.8) is 0 Å². The number of anilines is 1. The number of hydrogen-bond donors (Lipinski definition) is 1. The second-order valence-corrected chi connectivity index (χ2v) is 10.4. The van der Waals surface area contributed by atoms with Crippen LogP contribution in [-0.2, 0) is 14.6 Å². The molecule has 0 bridgehead atoms. The summed E-state index contributed by atoms with van der Waals surface area (Å²) in [6.07, 6.45) is 1.16. The van der Waals surface area contributed by atoms with Crippen LogP contribution in [-0.4, -0.2) is 37.4 Å². The van der Waals surface area contributed by atoms with Crippen molar-refractivity contribution in [2.75, 3.05) is 18.2 Å². The summed E-state index contributed by atoms with van der Waals surface area (Å²) in [6, 6.07) is 16.6. The van der Waals surface area contributed by atoms with E-state index in [1.165, 1.54) is 20.1 Å². The number of hydrogen-bond acceptors (Lipinski definition) is 9. The Labute approximate surface area is 201 Å². The number of amides is 1. The van der Waals surface area contributed by atoms with Gasteiger partial charge in [0.15, 0.2) is 11.5 Å². The fourth-order valence-corrected chi connectivity index (χ4v) is 4.83. The first-order chi connectivity index (χ1) is 16.3. The van der Waals surface area contributed by atoms with Gasteiger partial charge in [-0.25, -0.2) is 8.42 Å². The predicted octanol–water partition coefficient (Wildman–Crippen LogP) is 4.03. The summed E-state index contributed by atoms with van der Waals surface area (Å²) in [6.45, 7) is 3.41. The highest BCUT2D eigenvalue weighted by Gasteiger charge is 2.20. The third kappa shape index (κ3) is 5.98. The van der Waals surface area contributed by atoms with Gasteiger partial charge in [0.1, 0.15) is 17.7 Å². The number of methoxy groups -OCH3 is 1. The zero-order valence-corrected chi connectivity index (χ0v) is 20.3. The summed E-state index contributed by atoms with van der Waals surface area (Å²) >= 11 is 0.723. The van der Waals surface area contributed by atoms with Gasteiger partial charge in [-0.3, -0.25) is 10.1 Å². The van der Waals surface area contributed by atoms with E-state index in [0.717, 1.165) is 16.9 Å². The van der Waals surface area contributed by atoms with E-state index in [1.54, 1.807) is 18.2 Å². The highest BCUT2D eigenvalue weighted by molar-refractivity contribution is 7.93. The molecule has 1 aromatic heterocycles. The second kappa shape index (κ2) is 10.9. The molecule has 0 saturated carbocycles. The normalized spacial score (nSPS) is 12.5. The van der Waals surface area contributed by atoms with Gasteiger partial charge in [0.25, 0.3) is 5.91 Å². The number of rotatable bonds is 9. The number of ether oxygens (including phenoxy) is 2. The van der Waals surface area contributed by atoms with E-state index in [0.29, 0.717) is 17.1 Å². The minimum absolute atomic E-state index is 0.0191. The molecule has 1 atom stereocenters. The largest absolute Gasteiger partial charge is 0.493 e. The van der Waals surface area contributed by atoms with Crippen LogP contribution in [0.3, 0.4) is 0 Å². The van der Waals surface area contributed by atoms with Crippen molar-refractivity contribution in [2.45, 2.75) is 24.3 Å². The molecule has 0 saturated heterocycles. The quantitative estimate of drug-likeness (QED) is 0.266. The van der Waals surface area contributed by atoms with Gasteiger partial charge in [-0.1, -0.05) is 54.7 Å². The Bertz CT molecular complexity index is 1350. The number of aromatic nitrogens is 2. The van der Waals surface area contributed by atoms with Crippen LogP contribution in [0.4, 0.5) is 5.13 Å². The van der Waals surface area contributed by atoms with E-state index < -0.39 is 15.7 Å². The van der Waals surface area contributed by atoms with Crippen molar-refractivity contribution in [2.24, 2.45) is 0 Å². The fraction of sp³-hybridized carbons (Fsp3) is 0.217. The van der Waals surface area contributed by atoms with Gasteiger partial charge in [0, 0.05) is 0 Å². The van der Waals surface area contributed by atoms with Crippen molar-refractivity contribution in [3.8, 4) is 17.6 Å². The molecule has 176 valence electrons. The van der Waals surface area contributed by atoms with Crippen LogP contribution in [0.1, 0.15) is 31.1 Å². The van der Waals surface area contributed by atoms with Gasteiger partial charge >= 0.3 is 0 Å². The minimum Gasteiger partial charge on any atom is -0.493 e. The molecule has 9 nitrogen and oxygen atoms in total. The summed E-state index contributed by atoms with van der Waals surface area (Å²) in [4.78, 5) is 12.5. The maximum atomic E-state index is 12.5. The SMILES string of the molecule is CCS(=O)(=O)c1nnc(NC(=O)/C(C#N)=C\c2ccc(OC(C)c3ccccc3)c(OC)c2)s1. The van der Waals surface area contributed by atoms with Crippen LogP contribution < -0.4 is 14.8 Å². The first-order valence-corrected chi connectivity index (χ1v) is 12.6. The highest BCUT2D eigenvalue weighted by atomic mass is 32.2. The molecule has 1 unspecified atom stereocenters. The molecule has 0 aliphatic carbocycles. The van der Waals surface area contributed by atoms with E-state index in [4.69, 9.17) is 9.47 Å². The Morgan fingerprint density at radius 1 is 1.21 bits per heavy atom. The van der Waals surface area contributed by atoms with Gasteiger partial charge < -0.3 is 9.47 Å². The number of carbonyl (C=O) groups excluding carboxylic acids is 1. The lowest BCUT2D eigenvalue weighted by molar-refractivity contribution is -0.112. The highest BCUT2D eigenvalue weighted by Crippen LogP contribution is 2.32. The zero-order chi connectivity index (χ0) is 24.7. The lowest BCUT2D eigenvalue weighted by atomic mass is 10.1. The third-order valence-corrected chi connectivity index (χ3v) is 7.73. The number of benzene rings is 2. The van der Waals surface area contributed by atoms with Gasteiger partial charge in [0.2, 0.25) is 19.3 Å². The molecule has 3 aromatic rings. The van der Waals surface area contributed by atoms with Crippen LogP contribution in [0.25, 0.3) is 6.08 Å². The van der Waals surface area contributed by atoms with Gasteiger partial charge in [-0.2, -0.15) is 5.26 Å². The van der Waals surface area contributed by atoms with E-state index in [1.807, 2.05) is 43.3 Å². The molecule has 1 N–H and O–H groups in total. The zero-order valence-electron chi connectivity index (χ0n) is 18.7. The minimum atomic E-state index is -3.54. The number of nitrogens with zero attached hydrogens (tertiary/aromatic N) is 3. The molecule has 3 rings (SSSR count). The Balaban J connectivity index is 1.77. The van der Waals surface area contributed by atoms with Crippen molar-refractivity contribution in [1.82, 2.24) is 10.2 Å². The molecular weight excluding hydrogens is 476 g/mol. The molecule has 34 heavy (non-hydrogen) atoms. The number of nitriles is 1. The van der Waals surface area contributed by atoms with E-state index in [-0.39, 0.29) is 26.9 Å². The van der Waals surface area contributed by atoms with Crippen LogP contribution in [0.15, 0.2) is 58.4 Å². The second-order valence-electron chi connectivity index (χ2n) is 6.98. The molecule has 0 aliphatic rings. The first kappa shape index (κ1) is 24.9. The fourth-order valence-electron chi connectivity index (χ4n) is 2.84. The number of nitrogens with one attached hydrogen (secondary N) is 1. The summed E-state index contributed by atoms with van der Waals surface area (Å²) in [5, 5.41) is 19.1. The van der Waals surface area contributed by atoms with Crippen molar-refractivity contribution < 1.29 is 22.7 Å². The standard InChI is InChI=1S/C23H22N4O5S2/c1-4-34(29,30)23-27-26-22(33-23)25-21(28)18(14-24)12-16-10-11-19(20(13-16)31-3)32-15(2)17-8-6-5-7-9-17/h5-13,15H,4H2,1-3H3,(H,25,26,28)/b18-12-. The molecule has 0 spiro atoms. The van der Waals surface area contributed by atoms with E-state index in [9.17, 15) is 18.5 Å². The maximum absolute atomic E-state index is 12.5. The Kier molecular flexibility index (Phi) is 7.99. The predicted molar refractivity (Wildman–Crippen MR) is 128 cm³/mol. The average Bonchev–Trinajstić information content (AvgIpc) is 3.33. The average molecular weight is 499 g/mol. The van der Waals surface area contributed by atoms with Crippen LogP contribution in [0, 0.1) is 11.3 Å². The smallest absolute Gasteiger partial charge is 0.268 e. The molecule has 0 radical (unpaired) electrons. The lowest BCUT2D eigenvalue weighted by Gasteiger charge is -2.17. The molecule has 1 amide bonds. The summed E-state index contributed by atoms with van der Waals surface area (Å²) < 4.78 is 35.0. The third-order valence-electron chi connectivity index (χ3n) is 4.71. The molecule has 0 fully saturated rings. The van der Waals surface area contributed by atoms with Gasteiger partial charge in [-0.05, 0) is 36.3 Å². The molecule has 11 heteroatoms. The van der Waals surface area contributed by atoms with Gasteiger partial charge in [-0.15, -0.1) is 10.2 Å². The molecule has 0 aliphatic heterocycles. The Hall–Kier alpha value is -3.75.